The molecule has 1 aliphatic carbocycles. The molecular weight excluding hydrogens is 276 g/mol. The molecule has 0 saturated heterocycles. The second kappa shape index (κ2) is 6.28. The Bertz CT molecular complexity index is 707. The summed E-state index contributed by atoms with van der Waals surface area (Å²) in [6, 6.07) is 11.8. The number of rotatable bonds is 5. The zero-order valence-electron chi connectivity index (χ0n) is 12.6. The van der Waals surface area contributed by atoms with Crippen LogP contribution in [0.5, 0.6) is 0 Å². The fourth-order valence-electron chi connectivity index (χ4n) is 2.46. The van der Waals surface area contributed by atoms with Crippen molar-refractivity contribution in [2.24, 2.45) is 5.92 Å². The van der Waals surface area contributed by atoms with E-state index >= 15 is 0 Å². The van der Waals surface area contributed by atoms with Gasteiger partial charge in [-0.25, -0.2) is 4.98 Å². The minimum absolute atomic E-state index is 0.116. The Morgan fingerprint density at radius 3 is 2.91 bits per heavy atom. The Labute approximate surface area is 130 Å². The average molecular weight is 296 g/mol. The van der Waals surface area contributed by atoms with E-state index in [1.54, 1.807) is 18.0 Å². The molecule has 3 rings (SSSR count). The van der Waals surface area contributed by atoms with E-state index in [0.29, 0.717) is 12.5 Å². The number of amides is 1. The molecule has 4 nitrogen and oxygen atoms in total. The van der Waals surface area contributed by atoms with Crippen molar-refractivity contribution < 1.29 is 9.90 Å². The Morgan fingerprint density at radius 1 is 1.36 bits per heavy atom. The average Bonchev–Trinajstić information content (AvgIpc) is 3.37. The molecule has 1 aliphatic rings. The van der Waals surface area contributed by atoms with Crippen LogP contribution in [0, 0.1) is 5.92 Å². The topological polar surface area (TPSA) is 53.4 Å². The second-order valence-electron chi connectivity index (χ2n) is 5.89. The van der Waals surface area contributed by atoms with Crippen molar-refractivity contribution in [2.45, 2.75) is 18.9 Å². The summed E-state index contributed by atoms with van der Waals surface area (Å²) in [5.41, 5.74) is 1.66. The highest BCUT2D eigenvalue weighted by atomic mass is 16.3. The molecule has 0 radical (unpaired) electrons. The molecule has 1 aromatic heterocycles. The highest BCUT2D eigenvalue weighted by Gasteiger charge is 2.30. The minimum atomic E-state index is -0.402. The van der Waals surface area contributed by atoms with E-state index in [1.165, 1.54) is 6.08 Å². The zero-order valence-corrected chi connectivity index (χ0v) is 12.6. The van der Waals surface area contributed by atoms with Gasteiger partial charge in [0, 0.05) is 25.1 Å². The summed E-state index contributed by atoms with van der Waals surface area (Å²) in [6.45, 7) is 0.388. The third-order valence-electron chi connectivity index (χ3n) is 4.02. The Balaban J connectivity index is 1.64. The highest BCUT2D eigenvalue weighted by molar-refractivity contribution is 5.91. The molecule has 1 heterocycles. The number of para-hydroxylation sites is 1. The molecule has 1 N–H and O–H groups in total. The lowest BCUT2D eigenvalue weighted by molar-refractivity contribution is -0.126. The van der Waals surface area contributed by atoms with Crippen LogP contribution in [-0.4, -0.2) is 40.6 Å². The molecule has 0 bridgehead atoms. The van der Waals surface area contributed by atoms with Crippen molar-refractivity contribution in [2.75, 3.05) is 13.6 Å². The fraction of sp³-hybridized carbons (Fsp3) is 0.333. The van der Waals surface area contributed by atoms with E-state index < -0.39 is 6.10 Å². The van der Waals surface area contributed by atoms with Crippen LogP contribution in [0.3, 0.4) is 0 Å². The number of carbonyl (C=O) groups is 1. The predicted octanol–water partition coefficient (Wildman–Crippen LogP) is 2.48. The van der Waals surface area contributed by atoms with E-state index in [2.05, 4.69) is 4.98 Å². The van der Waals surface area contributed by atoms with Crippen LogP contribution in [0.2, 0.25) is 0 Å². The van der Waals surface area contributed by atoms with Gasteiger partial charge >= 0.3 is 0 Å². The summed E-state index contributed by atoms with van der Waals surface area (Å²) >= 11 is 0. The number of nitrogens with zero attached hydrogens (tertiary/aromatic N) is 2. The number of pyridine rings is 1. The van der Waals surface area contributed by atoms with Gasteiger partial charge in [-0.2, -0.15) is 0 Å². The van der Waals surface area contributed by atoms with Gasteiger partial charge < -0.3 is 10.0 Å². The van der Waals surface area contributed by atoms with Crippen molar-refractivity contribution in [3.05, 3.63) is 48.2 Å². The molecule has 1 aromatic carbocycles. The molecular formula is C18H20N2O2. The zero-order chi connectivity index (χ0) is 15.5. The maximum Gasteiger partial charge on any atom is 0.246 e. The lowest BCUT2D eigenvalue weighted by Gasteiger charge is -2.19. The number of hydrogen-bond acceptors (Lipinski definition) is 3. The van der Waals surface area contributed by atoms with Gasteiger partial charge in [-0.05, 0) is 37.0 Å². The van der Waals surface area contributed by atoms with Crippen LogP contribution in [0.25, 0.3) is 17.0 Å². The predicted molar refractivity (Wildman–Crippen MR) is 87.1 cm³/mol. The highest BCUT2D eigenvalue weighted by Crippen LogP contribution is 2.32. The normalized spacial score (nSPS) is 16.1. The number of likely N-dealkylation sites (N-methyl/N-ethyl adjacent to an activating group) is 1. The third kappa shape index (κ3) is 3.52. The Hall–Kier alpha value is -2.20. The molecule has 4 heteroatoms. The molecule has 1 saturated carbocycles. The van der Waals surface area contributed by atoms with Gasteiger partial charge in [0.15, 0.2) is 0 Å². The van der Waals surface area contributed by atoms with Gasteiger partial charge in [0.05, 0.1) is 17.3 Å². The van der Waals surface area contributed by atoms with Gasteiger partial charge in [-0.3, -0.25) is 4.79 Å². The number of benzene rings is 1. The molecule has 1 fully saturated rings. The van der Waals surface area contributed by atoms with Crippen molar-refractivity contribution in [3.8, 4) is 0 Å². The number of carbonyl (C=O) groups excluding carboxylic acids is 1. The summed E-state index contributed by atoms with van der Waals surface area (Å²) in [6.07, 6.45) is 4.96. The van der Waals surface area contributed by atoms with Gasteiger partial charge in [0.1, 0.15) is 0 Å². The number of aromatic nitrogens is 1. The quantitative estimate of drug-likeness (QED) is 0.862. The largest absolute Gasteiger partial charge is 0.391 e. The standard InChI is InChI=1S/C18H20N2O2/c1-20(12-17(21)14-6-7-14)18(22)11-10-15-9-8-13-4-2-3-5-16(13)19-15/h2-5,8-11,14,17,21H,6-7,12H2,1H3. The summed E-state index contributed by atoms with van der Waals surface area (Å²) in [7, 11) is 1.71. The SMILES string of the molecule is CN(CC(O)C1CC1)C(=O)C=Cc1ccc2ccccc2n1. The van der Waals surface area contributed by atoms with E-state index in [-0.39, 0.29) is 5.91 Å². The van der Waals surface area contributed by atoms with Crippen molar-refractivity contribution in [3.63, 3.8) is 0 Å². The molecule has 114 valence electrons. The van der Waals surface area contributed by atoms with Gasteiger partial charge in [-0.15, -0.1) is 0 Å². The van der Waals surface area contributed by atoms with Crippen LogP contribution >= 0.6 is 0 Å². The molecule has 0 spiro atoms. The molecule has 0 aliphatic heterocycles. The minimum Gasteiger partial charge on any atom is -0.391 e. The van der Waals surface area contributed by atoms with Crippen molar-refractivity contribution in [1.29, 1.82) is 0 Å². The number of aliphatic hydroxyl groups excluding tert-OH is 1. The van der Waals surface area contributed by atoms with E-state index in [4.69, 9.17) is 0 Å². The maximum absolute atomic E-state index is 12.1. The van der Waals surface area contributed by atoms with Crippen LogP contribution in [0.1, 0.15) is 18.5 Å². The van der Waals surface area contributed by atoms with Gasteiger partial charge in [-0.1, -0.05) is 24.3 Å². The van der Waals surface area contributed by atoms with Crippen LogP contribution in [0.15, 0.2) is 42.5 Å². The smallest absolute Gasteiger partial charge is 0.246 e. The maximum atomic E-state index is 12.1. The first-order valence-electron chi connectivity index (χ1n) is 7.60. The van der Waals surface area contributed by atoms with E-state index in [9.17, 15) is 9.90 Å². The van der Waals surface area contributed by atoms with Crippen LogP contribution in [-0.2, 0) is 4.79 Å². The molecule has 1 unspecified atom stereocenters. The molecule has 22 heavy (non-hydrogen) atoms. The summed E-state index contributed by atoms with van der Waals surface area (Å²) in [4.78, 5) is 18.1. The monoisotopic (exact) mass is 296 g/mol. The second-order valence-corrected chi connectivity index (χ2v) is 5.89. The van der Waals surface area contributed by atoms with Gasteiger partial charge in [0.2, 0.25) is 5.91 Å². The van der Waals surface area contributed by atoms with Crippen molar-refractivity contribution >= 4 is 22.9 Å². The summed E-state index contributed by atoms with van der Waals surface area (Å²) in [5, 5.41) is 11.0. The summed E-state index contributed by atoms with van der Waals surface area (Å²) < 4.78 is 0. The molecule has 2 aromatic rings. The Kier molecular flexibility index (Phi) is 4.20. The van der Waals surface area contributed by atoms with Crippen LogP contribution in [0.4, 0.5) is 0 Å². The number of fused-ring (bicyclic) bond motifs is 1. The first-order valence-corrected chi connectivity index (χ1v) is 7.60. The van der Waals surface area contributed by atoms with Gasteiger partial charge in [0.25, 0.3) is 0 Å². The first kappa shape index (κ1) is 14.7. The third-order valence-corrected chi connectivity index (χ3v) is 4.02. The van der Waals surface area contributed by atoms with E-state index in [0.717, 1.165) is 29.4 Å². The summed E-state index contributed by atoms with van der Waals surface area (Å²) in [5.74, 6) is 0.260. The van der Waals surface area contributed by atoms with Crippen LogP contribution < -0.4 is 0 Å². The lowest BCUT2D eigenvalue weighted by atomic mass is 10.2. The van der Waals surface area contributed by atoms with E-state index in [1.807, 2.05) is 36.4 Å². The molecule has 1 atom stereocenters. The lowest BCUT2D eigenvalue weighted by Crippen LogP contribution is -2.34. The fourth-order valence-corrected chi connectivity index (χ4v) is 2.46. The van der Waals surface area contributed by atoms with Crippen molar-refractivity contribution in [1.82, 2.24) is 9.88 Å². The first-order chi connectivity index (χ1) is 10.6. The Morgan fingerprint density at radius 2 is 2.14 bits per heavy atom. The number of aliphatic hydroxyl groups is 1. The number of hydrogen-bond donors (Lipinski definition) is 1. The molecule has 1 amide bonds.